The van der Waals surface area contributed by atoms with Gasteiger partial charge in [0.2, 0.25) is 5.88 Å². The van der Waals surface area contributed by atoms with Crippen LogP contribution in [0.2, 0.25) is 5.15 Å². The minimum Gasteiger partial charge on any atom is -0.479 e. The number of ether oxygens (including phenoxy) is 1. The second-order valence-corrected chi connectivity index (χ2v) is 2.68. The molecular formula is C7H7ClN2O3. The Morgan fingerprint density at radius 3 is 2.77 bits per heavy atom. The van der Waals surface area contributed by atoms with Gasteiger partial charge in [-0.15, -0.1) is 10.2 Å². The maximum atomic E-state index is 10.4. The Labute approximate surface area is 79.3 Å². The lowest BCUT2D eigenvalue weighted by Gasteiger charge is -2.07. The van der Waals surface area contributed by atoms with Crippen molar-refractivity contribution in [3.63, 3.8) is 0 Å². The third kappa shape index (κ3) is 2.87. The quantitative estimate of drug-likeness (QED) is 0.791. The van der Waals surface area contributed by atoms with Crippen LogP contribution in [0, 0.1) is 0 Å². The number of hydrogen-bond donors (Lipinski definition) is 1. The van der Waals surface area contributed by atoms with E-state index in [2.05, 4.69) is 10.2 Å². The Balaban J connectivity index is 2.64. The van der Waals surface area contributed by atoms with E-state index < -0.39 is 12.1 Å². The average molecular weight is 203 g/mol. The first-order valence-corrected chi connectivity index (χ1v) is 3.86. The molecule has 0 bridgehead atoms. The molecule has 6 heteroatoms. The number of aliphatic carboxylic acids is 1. The minimum atomic E-state index is -1.06. The molecular weight excluding hydrogens is 196 g/mol. The Morgan fingerprint density at radius 2 is 2.31 bits per heavy atom. The van der Waals surface area contributed by atoms with E-state index in [1.165, 1.54) is 19.1 Å². The third-order valence-electron chi connectivity index (χ3n) is 1.25. The molecule has 1 aromatic heterocycles. The molecule has 0 radical (unpaired) electrons. The smallest absolute Gasteiger partial charge is 0.344 e. The van der Waals surface area contributed by atoms with Crippen LogP contribution in [-0.4, -0.2) is 27.4 Å². The van der Waals surface area contributed by atoms with Crippen LogP contribution in [0.3, 0.4) is 0 Å². The Hall–Kier alpha value is -1.36. The van der Waals surface area contributed by atoms with Crippen molar-refractivity contribution in [1.82, 2.24) is 10.2 Å². The Kier molecular flexibility index (Phi) is 3.02. The van der Waals surface area contributed by atoms with E-state index in [4.69, 9.17) is 21.4 Å². The number of hydrogen-bond acceptors (Lipinski definition) is 4. The van der Waals surface area contributed by atoms with Gasteiger partial charge in [0, 0.05) is 6.07 Å². The number of rotatable bonds is 3. The van der Waals surface area contributed by atoms with Crippen molar-refractivity contribution in [3.8, 4) is 5.88 Å². The zero-order valence-electron chi connectivity index (χ0n) is 6.77. The summed E-state index contributed by atoms with van der Waals surface area (Å²) in [5, 5.41) is 15.8. The summed E-state index contributed by atoms with van der Waals surface area (Å²) in [6.07, 6.45) is -0.949. The molecule has 0 aliphatic rings. The van der Waals surface area contributed by atoms with Gasteiger partial charge in [-0.05, 0) is 13.0 Å². The van der Waals surface area contributed by atoms with E-state index in [9.17, 15) is 4.79 Å². The fourth-order valence-electron chi connectivity index (χ4n) is 0.598. The molecule has 0 spiro atoms. The molecule has 0 saturated carbocycles. The van der Waals surface area contributed by atoms with Gasteiger partial charge in [0.25, 0.3) is 0 Å². The summed E-state index contributed by atoms with van der Waals surface area (Å²) in [6, 6.07) is 2.92. The second kappa shape index (κ2) is 4.04. The summed E-state index contributed by atoms with van der Waals surface area (Å²) >= 11 is 5.47. The summed E-state index contributed by atoms with van der Waals surface area (Å²) in [7, 11) is 0. The molecule has 0 aliphatic carbocycles. The van der Waals surface area contributed by atoms with Crippen LogP contribution in [-0.2, 0) is 4.79 Å². The van der Waals surface area contributed by atoms with Gasteiger partial charge in [-0.2, -0.15) is 0 Å². The van der Waals surface area contributed by atoms with Gasteiger partial charge >= 0.3 is 5.97 Å². The molecule has 0 amide bonds. The van der Waals surface area contributed by atoms with Crippen molar-refractivity contribution < 1.29 is 14.6 Å². The first-order valence-electron chi connectivity index (χ1n) is 3.48. The standard InChI is InChI=1S/C7H7ClN2O3/c1-4(7(11)12)13-6-3-2-5(8)9-10-6/h2-4H,1H3,(H,11,12). The summed E-state index contributed by atoms with van der Waals surface area (Å²) in [6.45, 7) is 1.40. The van der Waals surface area contributed by atoms with Crippen LogP contribution < -0.4 is 4.74 Å². The van der Waals surface area contributed by atoms with Crippen LogP contribution in [0.25, 0.3) is 0 Å². The van der Waals surface area contributed by atoms with Gasteiger partial charge in [-0.3, -0.25) is 0 Å². The highest BCUT2D eigenvalue weighted by atomic mass is 35.5. The molecule has 0 aromatic carbocycles. The van der Waals surface area contributed by atoms with Gasteiger partial charge in [0.15, 0.2) is 11.3 Å². The van der Waals surface area contributed by atoms with E-state index in [-0.39, 0.29) is 11.0 Å². The second-order valence-electron chi connectivity index (χ2n) is 2.29. The lowest BCUT2D eigenvalue weighted by Crippen LogP contribution is -2.23. The normalized spacial score (nSPS) is 12.2. The summed E-state index contributed by atoms with van der Waals surface area (Å²) < 4.78 is 4.90. The molecule has 0 saturated heterocycles. The zero-order valence-corrected chi connectivity index (χ0v) is 7.52. The van der Waals surface area contributed by atoms with E-state index in [0.29, 0.717) is 0 Å². The van der Waals surface area contributed by atoms with Crippen molar-refractivity contribution in [2.24, 2.45) is 0 Å². The fraction of sp³-hybridized carbons (Fsp3) is 0.286. The summed E-state index contributed by atoms with van der Waals surface area (Å²) in [4.78, 5) is 10.4. The van der Waals surface area contributed by atoms with Crippen molar-refractivity contribution in [3.05, 3.63) is 17.3 Å². The van der Waals surface area contributed by atoms with Gasteiger partial charge in [0.1, 0.15) is 0 Å². The van der Waals surface area contributed by atoms with Gasteiger partial charge in [-0.25, -0.2) is 4.79 Å². The number of nitrogens with zero attached hydrogens (tertiary/aromatic N) is 2. The lowest BCUT2D eigenvalue weighted by atomic mass is 10.4. The zero-order chi connectivity index (χ0) is 9.84. The molecule has 0 fully saturated rings. The topological polar surface area (TPSA) is 72.3 Å². The number of aromatic nitrogens is 2. The predicted octanol–water partition coefficient (Wildman–Crippen LogP) is 0.982. The molecule has 1 aromatic rings. The highest BCUT2D eigenvalue weighted by Gasteiger charge is 2.12. The van der Waals surface area contributed by atoms with Crippen LogP contribution >= 0.6 is 11.6 Å². The van der Waals surface area contributed by atoms with Crippen LogP contribution in [0.1, 0.15) is 6.92 Å². The molecule has 70 valence electrons. The predicted molar refractivity (Wildman–Crippen MR) is 44.8 cm³/mol. The first kappa shape index (κ1) is 9.73. The number of halogens is 1. The van der Waals surface area contributed by atoms with Crippen LogP contribution in [0.15, 0.2) is 12.1 Å². The SMILES string of the molecule is CC(Oc1ccc(Cl)nn1)C(=O)O. The van der Waals surface area contributed by atoms with Gasteiger partial charge in [0.05, 0.1) is 0 Å². The maximum Gasteiger partial charge on any atom is 0.344 e. The molecule has 13 heavy (non-hydrogen) atoms. The number of carboxylic acids is 1. The molecule has 1 rings (SSSR count). The highest BCUT2D eigenvalue weighted by molar-refractivity contribution is 6.29. The van der Waals surface area contributed by atoms with E-state index >= 15 is 0 Å². The van der Waals surface area contributed by atoms with Crippen molar-refractivity contribution in [1.29, 1.82) is 0 Å². The largest absolute Gasteiger partial charge is 0.479 e. The Bertz CT molecular complexity index is 301. The van der Waals surface area contributed by atoms with Crippen molar-refractivity contribution in [2.45, 2.75) is 13.0 Å². The third-order valence-corrected chi connectivity index (χ3v) is 1.45. The van der Waals surface area contributed by atoms with Crippen molar-refractivity contribution >= 4 is 17.6 Å². The minimum absolute atomic E-state index is 0.138. The van der Waals surface area contributed by atoms with E-state index in [0.717, 1.165) is 0 Å². The molecule has 5 nitrogen and oxygen atoms in total. The fourth-order valence-corrected chi connectivity index (χ4v) is 0.699. The van der Waals surface area contributed by atoms with Gasteiger partial charge in [-0.1, -0.05) is 11.6 Å². The number of carboxylic acid groups (broad SMARTS) is 1. The van der Waals surface area contributed by atoms with E-state index in [1.54, 1.807) is 0 Å². The number of carbonyl (C=O) groups is 1. The molecule has 1 atom stereocenters. The Morgan fingerprint density at radius 1 is 1.62 bits per heavy atom. The maximum absolute atomic E-state index is 10.4. The first-order chi connectivity index (χ1) is 6.09. The summed E-state index contributed by atoms with van der Waals surface area (Å²) in [5.74, 6) is -0.920. The van der Waals surface area contributed by atoms with Crippen molar-refractivity contribution in [2.75, 3.05) is 0 Å². The molecule has 0 aliphatic heterocycles. The molecule has 1 heterocycles. The van der Waals surface area contributed by atoms with Crippen LogP contribution in [0.4, 0.5) is 0 Å². The molecule has 1 N–H and O–H groups in total. The van der Waals surface area contributed by atoms with Crippen LogP contribution in [0.5, 0.6) is 5.88 Å². The average Bonchev–Trinajstić information content (AvgIpc) is 2.08. The van der Waals surface area contributed by atoms with E-state index in [1.807, 2.05) is 0 Å². The lowest BCUT2D eigenvalue weighted by molar-refractivity contribution is -0.144. The monoisotopic (exact) mass is 202 g/mol. The van der Waals surface area contributed by atoms with Gasteiger partial charge < -0.3 is 9.84 Å². The molecule has 1 unspecified atom stereocenters. The summed E-state index contributed by atoms with van der Waals surface area (Å²) in [5.41, 5.74) is 0. The highest BCUT2D eigenvalue weighted by Crippen LogP contribution is 2.09.